The zero-order chi connectivity index (χ0) is 26.3. The van der Waals surface area contributed by atoms with Crippen LogP contribution in [0.5, 0.6) is 0 Å². The summed E-state index contributed by atoms with van der Waals surface area (Å²) >= 11 is 0. The van der Waals surface area contributed by atoms with E-state index in [1.54, 1.807) is 0 Å². The van der Waals surface area contributed by atoms with E-state index >= 15 is 0 Å². The van der Waals surface area contributed by atoms with Gasteiger partial charge in [-0.15, -0.1) is 0 Å². The Bertz CT molecular complexity index is 1300. The topological polar surface area (TPSA) is 78.8 Å². The van der Waals surface area contributed by atoms with Gasteiger partial charge in [0.05, 0.1) is 17.9 Å². The zero-order valence-corrected chi connectivity index (χ0v) is 22.4. The van der Waals surface area contributed by atoms with Crippen LogP contribution in [0.1, 0.15) is 50.2 Å². The molecule has 0 spiro atoms. The van der Waals surface area contributed by atoms with E-state index in [0.29, 0.717) is 24.8 Å². The van der Waals surface area contributed by atoms with E-state index in [1.807, 2.05) is 47.3 Å². The van der Waals surface area contributed by atoms with E-state index in [0.717, 1.165) is 67.4 Å². The number of aromatic nitrogens is 4. The van der Waals surface area contributed by atoms with Crippen LogP contribution < -0.4 is 5.32 Å². The molecule has 7 nitrogen and oxygen atoms in total. The number of nitrogens with zero attached hydrogens (tertiary/aromatic N) is 4. The molecule has 0 radical (unpaired) electrons. The maximum absolute atomic E-state index is 12.8. The fourth-order valence-corrected chi connectivity index (χ4v) is 5.21. The summed E-state index contributed by atoms with van der Waals surface area (Å²) in [5.41, 5.74) is 5.37. The van der Waals surface area contributed by atoms with Gasteiger partial charge in [0.15, 0.2) is 0 Å². The summed E-state index contributed by atoms with van der Waals surface area (Å²) in [6.45, 7) is 7.75. The summed E-state index contributed by atoms with van der Waals surface area (Å²) in [7, 11) is 0. The van der Waals surface area contributed by atoms with Crippen LogP contribution in [-0.4, -0.2) is 43.6 Å². The van der Waals surface area contributed by atoms with Gasteiger partial charge in [-0.05, 0) is 62.4 Å². The largest absolute Gasteiger partial charge is 0.350 e. The fraction of sp³-hybridized carbons (Fsp3) is 0.387. The molecule has 2 N–H and O–H groups in total. The Hall–Kier alpha value is -3.71. The van der Waals surface area contributed by atoms with Crippen molar-refractivity contribution in [2.75, 3.05) is 13.1 Å². The molecule has 5 rings (SSSR count). The van der Waals surface area contributed by atoms with E-state index in [-0.39, 0.29) is 5.91 Å². The summed E-state index contributed by atoms with van der Waals surface area (Å²) < 4.78 is 2.01. The van der Waals surface area contributed by atoms with Crippen LogP contribution in [0.15, 0.2) is 72.9 Å². The van der Waals surface area contributed by atoms with Crippen LogP contribution >= 0.6 is 0 Å². The minimum Gasteiger partial charge on any atom is -0.350 e. The number of nitrogens with one attached hydrogen (secondary N) is 2. The van der Waals surface area contributed by atoms with E-state index in [9.17, 15) is 4.79 Å². The molecule has 0 atom stereocenters. The van der Waals surface area contributed by atoms with Gasteiger partial charge < -0.3 is 10.3 Å². The van der Waals surface area contributed by atoms with Crippen LogP contribution in [0.25, 0.3) is 17.1 Å². The van der Waals surface area contributed by atoms with Crippen molar-refractivity contribution in [3.8, 4) is 17.1 Å². The van der Waals surface area contributed by atoms with Crippen molar-refractivity contribution in [1.29, 1.82) is 0 Å². The van der Waals surface area contributed by atoms with E-state index in [1.165, 1.54) is 5.69 Å². The maximum atomic E-state index is 12.8. The molecular weight excluding hydrogens is 472 g/mol. The molecule has 1 fully saturated rings. The predicted molar refractivity (Wildman–Crippen MR) is 151 cm³/mol. The molecule has 198 valence electrons. The lowest BCUT2D eigenvalue weighted by Gasteiger charge is -2.31. The molecule has 38 heavy (non-hydrogen) atoms. The number of amides is 1. The van der Waals surface area contributed by atoms with E-state index < -0.39 is 0 Å². The zero-order valence-electron chi connectivity index (χ0n) is 22.4. The summed E-state index contributed by atoms with van der Waals surface area (Å²) in [4.78, 5) is 23.2. The molecule has 0 bridgehead atoms. The third-order valence-corrected chi connectivity index (χ3v) is 7.17. The van der Waals surface area contributed by atoms with Gasteiger partial charge in [-0.3, -0.25) is 9.69 Å². The molecule has 0 unspecified atom stereocenters. The number of benzene rings is 2. The number of piperidine rings is 1. The molecule has 7 heteroatoms. The first-order valence-corrected chi connectivity index (χ1v) is 13.7. The van der Waals surface area contributed by atoms with Crippen LogP contribution in [0.3, 0.4) is 0 Å². The Balaban J connectivity index is 1.08. The number of carbonyl (C=O) groups is 1. The first kappa shape index (κ1) is 25.9. The Labute approximate surface area is 225 Å². The van der Waals surface area contributed by atoms with Crippen molar-refractivity contribution in [3.05, 3.63) is 90.0 Å². The second kappa shape index (κ2) is 12.2. The van der Waals surface area contributed by atoms with E-state index in [2.05, 4.69) is 64.4 Å². The van der Waals surface area contributed by atoms with Gasteiger partial charge in [0, 0.05) is 36.1 Å². The number of para-hydroxylation sites is 1. The van der Waals surface area contributed by atoms with Gasteiger partial charge in [-0.1, -0.05) is 62.4 Å². The van der Waals surface area contributed by atoms with Crippen molar-refractivity contribution in [2.24, 2.45) is 11.8 Å². The minimum absolute atomic E-state index is 0.115. The number of H-pyrrole nitrogens is 1. The summed E-state index contributed by atoms with van der Waals surface area (Å²) in [5.74, 6) is 1.98. The molecule has 1 amide bonds. The molecule has 1 saturated heterocycles. The molecule has 1 aliphatic heterocycles. The van der Waals surface area contributed by atoms with Gasteiger partial charge in [0.1, 0.15) is 5.82 Å². The Morgan fingerprint density at radius 3 is 2.47 bits per heavy atom. The normalized spacial score (nSPS) is 14.7. The summed E-state index contributed by atoms with van der Waals surface area (Å²) in [6, 6.07) is 22.5. The standard InChI is InChI=1S/C31H38N6O/c1-23(2)17-29-19-26(35-37(29)28-11-7-4-8-12-28)20-32-30(38)18-24-13-15-36(16-14-24)22-27-21-33-31(34-27)25-9-5-3-6-10-25/h3-12,19,21,23-24H,13-18,20,22H2,1-2H3,(H,32,38)(H,33,34). The third-order valence-electron chi connectivity index (χ3n) is 7.17. The highest BCUT2D eigenvalue weighted by Gasteiger charge is 2.22. The van der Waals surface area contributed by atoms with Gasteiger partial charge in [0.25, 0.3) is 0 Å². The number of hydrogen-bond donors (Lipinski definition) is 2. The summed E-state index contributed by atoms with van der Waals surface area (Å²) in [5, 5.41) is 7.93. The second-order valence-corrected chi connectivity index (χ2v) is 10.8. The van der Waals surface area contributed by atoms with Crippen molar-refractivity contribution >= 4 is 5.91 Å². The molecule has 2 aromatic carbocycles. The Kier molecular flexibility index (Phi) is 8.34. The fourth-order valence-electron chi connectivity index (χ4n) is 5.21. The third kappa shape index (κ3) is 6.78. The lowest BCUT2D eigenvalue weighted by Crippen LogP contribution is -2.35. The monoisotopic (exact) mass is 510 g/mol. The predicted octanol–water partition coefficient (Wildman–Crippen LogP) is 5.38. The lowest BCUT2D eigenvalue weighted by atomic mass is 9.93. The molecule has 3 heterocycles. The molecule has 2 aromatic heterocycles. The van der Waals surface area contributed by atoms with Gasteiger partial charge in [-0.25, -0.2) is 9.67 Å². The average molecular weight is 511 g/mol. The molecule has 1 aliphatic rings. The first-order chi connectivity index (χ1) is 18.5. The number of hydrogen-bond acceptors (Lipinski definition) is 4. The maximum Gasteiger partial charge on any atom is 0.220 e. The van der Waals surface area contributed by atoms with Crippen LogP contribution in [-0.2, 0) is 24.3 Å². The highest BCUT2D eigenvalue weighted by atomic mass is 16.1. The van der Waals surface area contributed by atoms with Gasteiger partial charge >= 0.3 is 0 Å². The highest BCUT2D eigenvalue weighted by Crippen LogP contribution is 2.23. The van der Waals surface area contributed by atoms with Gasteiger partial charge in [-0.2, -0.15) is 5.10 Å². The van der Waals surface area contributed by atoms with Crippen LogP contribution in [0.2, 0.25) is 0 Å². The second-order valence-electron chi connectivity index (χ2n) is 10.8. The van der Waals surface area contributed by atoms with Crippen molar-refractivity contribution in [2.45, 2.75) is 52.6 Å². The highest BCUT2D eigenvalue weighted by molar-refractivity contribution is 5.76. The van der Waals surface area contributed by atoms with Crippen LogP contribution in [0, 0.1) is 11.8 Å². The molecule has 4 aromatic rings. The van der Waals surface area contributed by atoms with E-state index in [4.69, 9.17) is 5.10 Å². The average Bonchev–Trinajstić information content (AvgIpc) is 3.56. The van der Waals surface area contributed by atoms with Crippen molar-refractivity contribution in [3.63, 3.8) is 0 Å². The number of imidazole rings is 1. The SMILES string of the molecule is CC(C)Cc1cc(CNC(=O)CC2CCN(Cc3cnc(-c4ccccc4)[nH]3)CC2)nn1-c1ccccc1. The smallest absolute Gasteiger partial charge is 0.220 e. The minimum atomic E-state index is 0.115. The molecular formula is C31H38N6O. The lowest BCUT2D eigenvalue weighted by molar-refractivity contribution is -0.122. The van der Waals surface area contributed by atoms with Crippen LogP contribution in [0.4, 0.5) is 0 Å². The number of rotatable bonds is 10. The summed E-state index contributed by atoms with van der Waals surface area (Å²) in [6.07, 6.45) is 5.53. The first-order valence-electron chi connectivity index (χ1n) is 13.7. The number of carbonyl (C=O) groups excluding carboxylic acids is 1. The number of aromatic amines is 1. The van der Waals surface area contributed by atoms with Crippen molar-refractivity contribution < 1.29 is 4.79 Å². The molecule has 0 aliphatic carbocycles. The van der Waals surface area contributed by atoms with Gasteiger partial charge in [0.2, 0.25) is 5.91 Å². The van der Waals surface area contributed by atoms with Crippen molar-refractivity contribution in [1.82, 2.24) is 30.0 Å². The number of likely N-dealkylation sites (tertiary alicyclic amines) is 1. The Morgan fingerprint density at radius 2 is 1.76 bits per heavy atom. The Morgan fingerprint density at radius 1 is 1.05 bits per heavy atom. The molecule has 0 saturated carbocycles. The quantitative estimate of drug-likeness (QED) is 0.300.